The van der Waals surface area contributed by atoms with Crippen molar-refractivity contribution in [3.05, 3.63) is 17.5 Å². The molecule has 0 aromatic carbocycles. The summed E-state index contributed by atoms with van der Waals surface area (Å²) in [5, 5.41) is 0.317. The smallest absolute Gasteiger partial charge is 0.219 e. The summed E-state index contributed by atoms with van der Waals surface area (Å²) in [6, 6.07) is 0. The van der Waals surface area contributed by atoms with Gasteiger partial charge in [-0.1, -0.05) is 11.6 Å². The number of hydrogen-bond acceptors (Lipinski definition) is 7. The lowest BCUT2D eigenvalue weighted by molar-refractivity contribution is 1.10. The van der Waals surface area contributed by atoms with E-state index in [0.29, 0.717) is 27.3 Å². The van der Waals surface area contributed by atoms with Crippen LogP contribution in [0.15, 0.2) is 17.3 Å². The minimum Gasteiger partial charge on any atom is -0.383 e. The van der Waals surface area contributed by atoms with E-state index in [1.54, 1.807) is 0 Å². The van der Waals surface area contributed by atoms with Crippen LogP contribution >= 0.6 is 23.4 Å². The highest BCUT2D eigenvalue weighted by molar-refractivity contribution is 7.98. The molecule has 2 aromatic rings. The summed E-state index contributed by atoms with van der Waals surface area (Å²) >= 11 is 7.39. The largest absolute Gasteiger partial charge is 0.383 e. The molecule has 6 nitrogen and oxygen atoms in total. The Labute approximate surface area is 107 Å². The number of aromatic nitrogens is 4. The molecule has 2 aromatic heterocycles. The number of nitrogens with two attached hydrogens (primary N) is 2. The summed E-state index contributed by atoms with van der Waals surface area (Å²) in [5.74, 6) is 0.906. The monoisotopic (exact) mass is 268 g/mol. The number of anilines is 2. The molecule has 0 atom stereocenters. The maximum absolute atomic E-state index is 6.00. The molecule has 0 fully saturated rings. The van der Waals surface area contributed by atoms with E-state index in [4.69, 9.17) is 23.1 Å². The average molecular weight is 269 g/mol. The summed E-state index contributed by atoms with van der Waals surface area (Å²) in [6.45, 7) is 0. The third kappa shape index (κ3) is 2.40. The second-order valence-corrected chi connectivity index (χ2v) is 4.26. The highest BCUT2D eigenvalue weighted by Gasteiger charge is 2.11. The highest BCUT2D eigenvalue weighted by atomic mass is 35.5. The molecule has 0 aliphatic carbocycles. The van der Waals surface area contributed by atoms with Crippen molar-refractivity contribution < 1.29 is 0 Å². The molecule has 0 spiro atoms. The molecule has 0 amide bonds. The van der Waals surface area contributed by atoms with Gasteiger partial charge in [-0.15, -0.1) is 11.8 Å². The molecule has 88 valence electrons. The van der Waals surface area contributed by atoms with Crippen molar-refractivity contribution in [1.82, 2.24) is 19.9 Å². The Hall–Kier alpha value is -1.60. The van der Waals surface area contributed by atoms with Crippen LogP contribution in [0.4, 0.5) is 11.8 Å². The number of hydrogen-bond donors (Lipinski definition) is 2. The van der Waals surface area contributed by atoms with Gasteiger partial charge in [0.1, 0.15) is 11.0 Å². The van der Waals surface area contributed by atoms with Crippen molar-refractivity contribution in [2.24, 2.45) is 0 Å². The molecule has 4 N–H and O–H groups in total. The van der Waals surface area contributed by atoms with Crippen LogP contribution in [0.3, 0.4) is 0 Å². The highest BCUT2D eigenvalue weighted by Crippen LogP contribution is 2.30. The van der Waals surface area contributed by atoms with Gasteiger partial charge < -0.3 is 11.5 Å². The second-order valence-electron chi connectivity index (χ2n) is 3.09. The average Bonchev–Trinajstić information content (AvgIpc) is 2.29. The molecule has 17 heavy (non-hydrogen) atoms. The van der Waals surface area contributed by atoms with Gasteiger partial charge in [0.2, 0.25) is 5.95 Å². The summed E-state index contributed by atoms with van der Waals surface area (Å²) in [7, 11) is 0. The quantitative estimate of drug-likeness (QED) is 0.628. The van der Waals surface area contributed by atoms with Crippen LogP contribution < -0.4 is 11.5 Å². The molecule has 8 heteroatoms. The van der Waals surface area contributed by atoms with Crippen LogP contribution in [0, 0.1) is 0 Å². The summed E-state index contributed by atoms with van der Waals surface area (Å²) < 4.78 is 0. The van der Waals surface area contributed by atoms with Gasteiger partial charge in [0.25, 0.3) is 0 Å². The number of halogens is 1. The predicted octanol–water partition coefficient (Wildman–Crippen LogP) is 1.47. The van der Waals surface area contributed by atoms with Crippen molar-refractivity contribution in [3.8, 4) is 11.4 Å². The Kier molecular flexibility index (Phi) is 3.30. The lowest BCUT2D eigenvalue weighted by atomic mass is 10.3. The topological polar surface area (TPSA) is 104 Å². The molecule has 0 bridgehead atoms. The standard InChI is InChI=1S/C9H9ClN6S/c1-17-5-6(10)15-8(16-7(5)11)4-2-13-9(12)14-3-4/h2-3H,1H3,(H2,11,15,16)(H2,12,13,14). The zero-order valence-corrected chi connectivity index (χ0v) is 10.5. The number of rotatable bonds is 2. The van der Waals surface area contributed by atoms with Crippen LogP contribution in [0.2, 0.25) is 5.15 Å². The van der Waals surface area contributed by atoms with Crippen molar-refractivity contribution >= 4 is 35.1 Å². The number of nitrogens with zero attached hydrogens (tertiary/aromatic N) is 4. The van der Waals surface area contributed by atoms with Crippen molar-refractivity contribution in [1.29, 1.82) is 0 Å². The molecule has 2 rings (SSSR count). The molecule has 0 aliphatic heterocycles. The number of nitrogen functional groups attached to an aromatic ring is 2. The van der Waals surface area contributed by atoms with E-state index in [1.807, 2.05) is 6.26 Å². The molecule has 2 heterocycles. The van der Waals surface area contributed by atoms with Gasteiger partial charge in [0.05, 0.1) is 10.5 Å². The first-order valence-corrected chi connectivity index (χ1v) is 6.17. The Morgan fingerprint density at radius 2 is 1.82 bits per heavy atom. The first kappa shape index (κ1) is 11.9. The van der Waals surface area contributed by atoms with E-state index in [-0.39, 0.29) is 5.95 Å². The fourth-order valence-corrected chi connectivity index (χ4v) is 2.09. The van der Waals surface area contributed by atoms with Crippen molar-refractivity contribution in [2.45, 2.75) is 4.90 Å². The zero-order valence-electron chi connectivity index (χ0n) is 8.88. The summed E-state index contributed by atoms with van der Waals surface area (Å²) in [4.78, 5) is 16.7. The van der Waals surface area contributed by atoms with E-state index in [2.05, 4.69) is 19.9 Å². The summed E-state index contributed by atoms with van der Waals surface area (Å²) in [5.41, 5.74) is 11.8. The first-order chi connectivity index (χ1) is 8.11. The van der Waals surface area contributed by atoms with E-state index in [9.17, 15) is 0 Å². The van der Waals surface area contributed by atoms with Gasteiger partial charge in [-0.3, -0.25) is 0 Å². The third-order valence-electron chi connectivity index (χ3n) is 1.98. The van der Waals surface area contributed by atoms with Crippen LogP contribution in [-0.2, 0) is 0 Å². The van der Waals surface area contributed by atoms with Gasteiger partial charge in [-0.05, 0) is 6.26 Å². The predicted molar refractivity (Wildman–Crippen MR) is 68.7 cm³/mol. The van der Waals surface area contributed by atoms with Gasteiger partial charge in [-0.25, -0.2) is 19.9 Å². The maximum atomic E-state index is 6.00. The molecule has 0 aliphatic rings. The van der Waals surface area contributed by atoms with E-state index < -0.39 is 0 Å². The Balaban J connectivity index is 2.50. The minimum atomic E-state index is 0.188. The Morgan fingerprint density at radius 3 is 2.35 bits per heavy atom. The minimum absolute atomic E-state index is 0.188. The Bertz CT molecular complexity index is 521. The number of thioether (sulfide) groups is 1. The van der Waals surface area contributed by atoms with Crippen LogP contribution in [0.25, 0.3) is 11.4 Å². The third-order valence-corrected chi connectivity index (χ3v) is 3.18. The van der Waals surface area contributed by atoms with Crippen LogP contribution in [-0.4, -0.2) is 26.2 Å². The van der Waals surface area contributed by atoms with E-state index in [1.165, 1.54) is 24.2 Å². The van der Waals surface area contributed by atoms with Crippen molar-refractivity contribution in [2.75, 3.05) is 17.7 Å². The fraction of sp³-hybridized carbons (Fsp3) is 0.111. The second kappa shape index (κ2) is 4.72. The van der Waals surface area contributed by atoms with E-state index in [0.717, 1.165) is 0 Å². The van der Waals surface area contributed by atoms with Gasteiger partial charge in [0, 0.05) is 12.4 Å². The molecule has 0 saturated carbocycles. The van der Waals surface area contributed by atoms with E-state index >= 15 is 0 Å². The van der Waals surface area contributed by atoms with Gasteiger partial charge in [-0.2, -0.15) is 0 Å². The molecule has 0 unspecified atom stereocenters. The molecular formula is C9H9ClN6S. The lowest BCUT2D eigenvalue weighted by Gasteiger charge is -2.06. The molecule has 0 radical (unpaired) electrons. The fourth-order valence-electron chi connectivity index (χ4n) is 1.21. The normalized spacial score (nSPS) is 10.5. The van der Waals surface area contributed by atoms with Crippen LogP contribution in [0.1, 0.15) is 0 Å². The van der Waals surface area contributed by atoms with Gasteiger partial charge >= 0.3 is 0 Å². The zero-order chi connectivity index (χ0) is 12.4. The SMILES string of the molecule is CSc1c(N)nc(-c2cnc(N)nc2)nc1Cl. The Morgan fingerprint density at radius 1 is 1.18 bits per heavy atom. The molecule has 0 saturated heterocycles. The lowest BCUT2D eigenvalue weighted by Crippen LogP contribution is -2.01. The first-order valence-electron chi connectivity index (χ1n) is 4.56. The van der Waals surface area contributed by atoms with Crippen LogP contribution in [0.5, 0.6) is 0 Å². The molecular weight excluding hydrogens is 260 g/mol. The maximum Gasteiger partial charge on any atom is 0.219 e. The van der Waals surface area contributed by atoms with Crippen molar-refractivity contribution in [3.63, 3.8) is 0 Å². The summed E-state index contributed by atoms with van der Waals surface area (Å²) in [6.07, 6.45) is 4.89. The van der Waals surface area contributed by atoms with Gasteiger partial charge in [0.15, 0.2) is 5.82 Å².